The molecule has 0 heterocycles. The zero-order valence-electron chi connectivity index (χ0n) is 9.06. The number of methoxy groups -OCH3 is 2. The Bertz CT molecular complexity index is 334. The molecule has 3 heteroatoms. The molecule has 0 amide bonds. The van der Waals surface area contributed by atoms with Gasteiger partial charge in [0.15, 0.2) is 11.5 Å². The van der Waals surface area contributed by atoms with Gasteiger partial charge >= 0.3 is 0 Å². The fourth-order valence-electron chi connectivity index (χ4n) is 1.35. The second-order valence-electron chi connectivity index (χ2n) is 3.15. The van der Waals surface area contributed by atoms with Gasteiger partial charge in [-0.1, -0.05) is 12.1 Å². The highest BCUT2D eigenvalue weighted by atomic mass is 16.5. The molecule has 0 spiro atoms. The maximum absolute atomic E-state index is 9.74. The predicted octanol–water partition coefficient (Wildman–Crippen LogP) is 2.31. The van der Waals surface area contributed by atoms with Crippen LogP contribution in [-0.4, -0.2) is 19.3 Å². The van der Waals surface area contributed by atoms with Crippen LogP contribution in [0.25, 0.3) is 0 Å². The summed E-state index contributed by atoms with van der Waals surface area (Å²) >= 11 is 0. The number of rotatable bonds is 5. The van der Waals surface area contributed by atoms with E-state index in [1.807, 2.05) is 6.07 Å². The topological polar surface area (TPSA) is 38.7 Å². The van der Waals surface area contributed by atoms with Crippen molar-refractivity contribution in [1.82, 2.24) is 0 Å². The lowest BCUT2D eigenvalue weighted by Crippen LogP contribution is -1.98. The molecule has 0 saturated carbocycles. The molecule has 3 nitrogen and oxygen atoms in total. The third-order valence-corrected chi connectivity index (χ3v) is 2.18. The van der Waals surface area contributed by atoms with Gasteiger partial charge in [-0.3, -0.25) is 0 Å². The number of ether oxygens (including phenoxy) is 2. The first kappa shape index (κ1) is 11.6. The van der Waals surface area contributed by atoms with E-state index in [1.54, 1.807) is 32.4 Å². The van der Waals surface area contributed by atoms with Crippen molar-refractivity contribution in [3.8, 4) is 11.5 Å². The maximum Gasteiger partial charge on any atom is 0.161 e. The fourth-order valence-corrected chi connectivity index (χ4v) is 1.35. The highest BCUT2D eigenvalue weighted by Gasteiger charge is 2.09. The molecule has 1 aromatic rings. The minimum absolute atomic E-state index is 0.523. The van der Waals surface area contributed by atoms with Crippen molar-refractivity contribution in [3.63, 3.8) is 0 Å². The van der Waals surface area contributed by atoms with Gasteiger partial charge in [-0.05, 0) is 24.1 Å². The molecular formula is C12H16O3. The van der Waals surface area contributed by atoms with E-state index in [4.69, 9.17) is 9.47 Å². The van der Waals surface area contributed by atoms with Gasteiger partial charge in [0.2, 0.25) is 0 Å². The van der Waals surface area contributed by atoms with Crippen molar-refractivity contribution in [2.24, 2.45) is 0 Å². The number of hydrogen-bond acceptors (Lipinski definition) is 3. The standard InChI is InChI=1S/C12H16O3/c1-4-5-10(13)9-6-7-11(14-2)12(8-9)15-3/h4,6-8,10,13H,1,5H2,2-3H3. The summed E-state index contributed by atoms with van der Waals surface area (Å²) in [6.07, 6.45) is 1.67. The van der Waals surface area contributed by atoms with Crippen LogP contribution in [0.1, 0.15) is 18.1 Å². The molecule has 1 rings (SSSR count). The van der Waals surface area contributed by atoms with E-state index in [2.05, 4.69) is 6.58 Å². The van der Waals surface area contributed by atoms with Crippen LogP contribution in [0.2, 0.25) is 0 Å². The van der Waals surface area contributed by atoms with E-state index in [0.29, 0.717) is 17.9 Å². The zero-order valence-corrected chi connectivity index (χ0v) is 9.06. The normalized spacial score (nSPS) is 11.9. The van der Waals surface area contributed by atoms with Gasteiger partial charge in [0.25, 0.3) is 0 Å². The summed E-state index contributed by atoms with van der Waals surface area (Å²) in [5.41, 5.74) is 0.799. The summed E-state index contributed by atoms with van der Waals surface area (Å²) in [7, 11) is 3.15. The van der Waals surface area contributed by atoms with Crippen molar-refractivity contribution in [1.29, 1.82) is 0 Å². The Kier molecular flexibility index (Phi) is 4.18. The molecule has 0 saturated heterocycles. The van der Waals surface area contributed by atoms with E-state index < -0.39 is 6.10 Å². The van der Waals surface area contributed by atoms with Crippen molar-refractivity contribution >= 4 is 0 Å². The highest BCUT2D eigenvalue weighted by molar-refractivity contribution is 5.43. The van der Waals surface area contributed by atoms with Crippen LogP contribution in [0.15, 0.2) is 30.9 Å². The summed E-state index contributed by atoms with van der Waals surface area (Å²) in [4.78, 5) is 0. The monoisotopic (exact) mass is 208 g/mol. The summed E-state index contributed by atoms with van der Waals surface area (Å²) in [5, 5.41) is 9.74. The molecule has 0 aliphatic carbocycles. The van der Waals surface area contributed by atoms with E-state index in [0.717, 1.165) is 5.56 Å². The van der Waals surface area contributed by atoms with Crippen LogP contribution < -0.4 is 9.47 Å². The molecule has 0 aliphatic rings. The van der Waals surface area contributed by atoms with E-state index in [9.17, 15) is 5.11 Å². The Morgan fingerprint density at radius 3 is 2.53 bits per heavy atom. The summed E-state index contributed by atoms with van der Waals surface area (Å²) < 4.78 is 10.2. The molecule has 82 valence electrons. The number of aliphatic hydroxyl groups is 1. The molecular weight excluding hydrogens is 192 g/mol. The van der Waals surface area contributed by atoms with Crippen LogP contribution in [-0.2, 0) is 0 Å². The highest BCUT2D eigenvalue weighted by Crippen LogP contribution is 2.30. The van der Waals surface area contributed by atoms with Crippen molar-refractivity contribution in [2.45, 2.75) is 12.5 Å². The molecule has 0 radical (unpaired) electrons. The van der Waals surface area contributed by atoms with Gasteiger partial charge in [-0.25, -0.2) is 0 Å². The first-order valence-corrected chi connectivity index (χ1v) is 4.73. The number of aliphatic hydroxyl groups excluding tert-OH is 1. The smallest absolute Gasteiger partial charge is 0.161 e. The van der Waals surface area contributed by atoms with Gasteiger partial charge in [-0.2, -0.15) is 0 Å². The molecule has 15 heavy (non-hydrogen) atoms. The van der Waals surface area contributed by atoms with Crippen molar-refractivity contribution in [2.75, 3.05) is 14.2 Å². The van der Waals surface area contributed by atoms with Gasteiger partial charge in [0, 0.05) is 0 Å². The lowest BCUT2D eigenvalue weighted by molar-refractivity contribution is 0.181. The summed E-state index contributed by atoms with van der Waals surface area (Å²) in [6.45, 7) is 3.59. The van der Waals surface area contributed by atoms with Gasteiger partial charge in [0.05, 0.1) is 20.3 Å². The molecule has 1 unspecified atom stereocenters. The third-order valence-electron chi connectivity index (χ3n) is 2.18. The largest absolute Gasteiger partial charge is 0.493 e. The first-order valence-electron chi connectivity index (χ1n) is 4.73. The molecule has 1 aromatic carbocycles. The van der Waals surface area contributed by atoms with Crippen molar-refractivity contribution in [3.05, 3.63) is 36.4 Å². The Labute approximate surface area is 90.0 Å². The molecule has 0 fully saturated rings. The summed E-state index contributed by atoms with van der Waals surface area (Å²) in [5.74, 6) is 1.28. The lowest BCUT2D eigenvalue weighted by atomic mass is 10.1. The SMILES string of the molecule is C=CCC(O)c1ccc(OC)c(OC)c1. The van der Waals surface area contributed by atoms with Gasteiger partial charge < -0.3 is 14.6 Å². The second-order valence-corrected chi connectivity index (χ2v) is 3.15. The average Bonchev–Trinajstić information content (AvgIpc) is 2.28. The van der Waals surface area contributed by atoms with Crippen LogP contribution in [0.3, 0.4) is 0 Å². The summed E-state index contributed by atoms with van der Waals surface area (Å²) in [6, 6.07) is 5.36. The fraction of sp³-hybridized carbons (Fsp3) is 0.333. The van der Waals surface area contributed by atoms with Gasteiger partial charge in [0.1, 0.15) is 0 Å². The molecule has 1 N–H and O–H groups in total. The maximum atomic E-state index is 9.74. The average molecular weight is 208 g/mol. The van der Waals surface area contributed by atoms with Crippen LogP contribution in [0, 0.1) is 0 Å². The number of hydrogen-bond donors (Lipinski definition) is 1. The Morgan fingerprint density at radius 1 is 1.33 bits per heavy atom. The third kappa shape index (κ3) is 2.73. The molecule has 0 bridgehead atoms. The Balaban J connectivity index is 2.96. The zero-order chi connectivity index (χ0) is 11.3. The van der Waals surface area contributed by atoms with Crippen molar-refractivity contribution < 1.29 is 14.6 Å². The van der Waals surface area contributed by atoms with Crippen LogP contribution >= 0.6 is 0 Å². The van der Waals surface area contributed by atoms with Gasteiger partial charge in [-0.15, -0.1) is 6.58 Å². The second kappa shape index (κ2) is 5.41. The molecule has 0 aliphatic heterocycles. The minimum atomic E-state index is -0.540. The Hall–Kier alpha value is -1.48. The Morgan fingerprint density at radius 2 is 2.00 bits per heavy atom. The van der Waals surface area contributed by atoms with Crippen LogP contribution in [0.4, 0.5) is 0 Å². The predicted molar refractivity (Wildman–Crippen MR) is 59.3 cm³/mol. The lowest BCUT2D eigenvalue weighted by Gasteiger charge is -2.12. The van der Waals surface area contributed by atoms with Crippen LogP contribution in [0.5, 0.6) is 11.5 Å². The first-order chi connectivity index (χ1) is 7.22. The quantitative estimate of drug-likeness (QED) is 0.755. The van der Waals surface area contributed by atoms with E-state index in [-0.39, 0.29) is 0 Å². The van der Waals surface area contributed by atoms with E-state index in [1.165, 1.54) is 0 Å². The number of benzene rings is 1. The molecule has 0 aromatic heterocycles. The van der Waals surface area contributed by atoms with E-state index >= 15 is 0 Å². The molecule has 1 atom stereocenters. The minimum Gasteiger partial charge on any atom is -0.493 e.